The smallest absolute Gasteiger partial charge is 0.408 e. The molecule has 0 bridgehead atoms. The zero-order valence-corrected chi connectivity index (χ0v) is 30.4. The van der Waals surface area contributed by atoms with Gasteiger partial charge in [-0.15, -0.1) is 0 Å². The first-order valence-electron chi connectivity index (χ1n) is 18.1. The maximum absolute atomic E-state index is 15.3. The number of aromatic nitrogens is 2. The maximum atomic E-state index is 15.3. The Balaban J connectivity index is 1.19. The van der Waals surface area contributed by atoms with E-state index >= 15 is 4.39 Å². The number of rotatable bonds is 7. The summed E-state index contributed by atoms with van der Waals surface area (Å²) < 4.78 is 28.0. The van der Waals surface area contributed by atoms with Crippen molar-refractivity contribution in [1.29, 1.82) is 0 Å². The van der Waals surface area contributed by atoms with Crippen molar-refractivity contribution < 1.29 is 33.4 Å². The van der Waals surface area contributed by atoms with Crippen LogP contribution in [0.15, 0.2) is 29.1 Å². The van der Waals surface area contributed by atoms with Crippen LogP contribution in [0.1, 0.15) is 91.8 Å². The quantitative estimate of drug-likeness (QED) is 0.187. The van der Waals surface area contributed by atoms with Crippen LogP contribution in [0.4, 0.5) is 9.18 Å². The highest BCUT2D eigenvalue weighted by Crippen LogP contribution is 2.46. The number of allylic oxidation sites excluding steroid dienone is 1. The van der Waals surface area contributed by atoms with E-state index in [0.29, 0.717) is 73.1 Å². The van der Waals surface area contributed by atoms with Crippen LogP contribution in [-0.4, -0.2) is 70.8 Å². The van der Waals surface area contributed by atoms with Gasteiger partial charge in [0.2, 0.25) is 5.91 Å². The van der Waals surface area contributed by atoms with Gasteiger partial charge in [0.1, 0.15) is 18.5 Å². The van der Waals surface area contributed by atoms with Gasteiger partial charge in [-0.2, -0.15) is 0 Å². The summed E-state index contributed by atoms with van der Waals surface area (Å²) in [5.74, 6) is -1.22. The van der Waals surface area contributed by atoms with Gasteiger partial charge in [0.05, 0.1) is 35.1 Å². The predicted molar refractivity (Wildman–Crippen MR) is 191 cm³/mol. The van der Waals surface area contributed by atoms with Crippen molar-refractivity contribution in [2.75, 3.05) is 27.2 Å². The Morgan fingerprint density at radius 1 is 1.17 bits per heavy atom. The minimum atomic E-state index is -1.99. The van der Waals surface area contributed by atoms with E-state index in [1.54, 1.807) is 24.5 Å². The topological polar surface area (TPSA) is 152 Å². The molecule has 0 fully saturated rings. The molecule has 52 heavy (non-hydrogen) atoms. The molecular formula is C39H46FN5O7. The van der Waals surface area contributed by atoms with Gasteiger partial charge in [0, 0.05) is 41.1 Å². The Bertz CT molecular complexity index is 2090. The summed E-state index contributed by atoms with van der Waals surface area (Å²) in [5, 5.41) is 18.2. The number of halogens is 1. The number of alkyl carbamates (subject to hydrolysis) is 1. The van der Waals surface area contributed by atoms with Gasteiger partial charge >= 0.3 is 12.1 Å². The Hall–Kier alpha value is -4.62. The molecular weight excluding hydrogens is 669 g/mol. The second kappa shape index (κ2) is 13.4. The monoisotopic (exact) mass is 715 g/mol. The van der Waals surface area contributed by atoms with E-state index in [1.165, 1.54) is 6.07 Å². The lowest BCUT2D eigenvalue weighted by Gasteiger charge is -2.32. The van der Waals surface area contributed by atoms with E-state index < -0.39 is 46.6 Å². The number of ether oxygens (including phenoxy) is 2. The number of nitrogens with one attached hydrogen (secondary N) is 2. The number of carbonyl (C=O) groups is 3. The molecule has 2 aromatic heterocycles. The number of pyridine rings is 2. The van der Waals surface area contributed by atoms with Gasteiger partial charge in [-0.3, -0.25) is 9.59 Å². The van der Waals surface area contributed by atoms with Crippen LogP contribution in [0.25, 0.3) is 22.3 Å². The van der Waals surface area contributed by atoms with Crippen LogP contribution in [-0.2, 0) is 44.2 Å². The summed E-state index contributed by atoms with van der Waals surface area (Å²) in [6.07, 6.45) is 6.03. The van der Waals surface area contributed by atoms with Gasteiger partial charge in [0.15, 0.2) is 5.60 Å². The average Bonchev–Trinajstić information content (AvgIpc) is 3.47. The summed E-state index contributed by atoms with van der Waals surface area (Å²) in [4.78, 5) is 60.3. The lowest BCUT2D eigenvalue weighted by molar-refractivity contribution is -0.172. The first-order chi connectivity index (χ1) is 24.8. The number of amides is 2. The molecule has 3 N–H and O–H groups in total. The maximum Gasteiger partial charge on any atom is 0.408 e. The highest BCUT2D eigenvalue weighted by molar-refractivity contribution is 5.93. The zero-order valence-electron chi connectivity index (χ0n) is 30.4. The summed E-state index contributed by atoms with van der Waals surface area (Å²) in [6.45, 7) is 6.51. The summed E-state index contributed by atoms with van der Waals surface area (Å²) in [6, 6.07) is 2.47. The van der Waals surface area contributed by atoms with Crippen LogP contribution in [0.5, 0.6) is 0 Å². The van der Waals surface area contributed by atoms with Crippen LogP contribution < -0.4 is 16.2 Å². The Morgan fingerprint density at radius 2 is 1.96 bits per heavy atom. The van der Waals surface area contributed by atoms with Crippen LogP contribution >= 0.6 is 0 Å². The van der Waals surface area contributed by atoms with Crippen molar-refractivity contribution in [3.05, 3.63) is 73.8 Å². The molecule has 4 aliphatic rings. The molecule has 2 aliphatic carbocycles. The van der Waals surface area contributed by atoms with Gasteiger partial charge in [-0.25, -0.2) is 19.0 Å². The van der Waals surface area contributed by atoms with E-state index in [-0.39, 0.29) is 36.6 Å². The highest BCUT2D eigenvalue weighted by Gasteiger charge is 2.46. The van der Waals surface area contributed by atoms with Crippen molar-refractivity contribution in [2.45, 2.75) is 96.6 Å². The molecule has 1 aromatic carbocycles. The molecule has 0 spiro atoms. The molecule has 12 nitrogen and oxygen atoms in total. The Labute approximate surface area is 301 Å². The second-order valence-corrected chi connectivity index (χ2v) is 15.1. The molecule has 2 aliphatic heterocycles. The molecule has 7 rings (SSSR count). The SMILES string of the molecule is CC[C@@]1(O)C(=O)OCc2c1cc1n(c2=O)Cc2c-1nc1cc(F)c(C)c3c1c2[C@@H](NC(=O)O[C@H]1/C=C/CC[C@@](C)(C(=O)NCCN(C)C)CC1)CC3. The number of likely N-dealkylation sites (N-methyl/N-ethyl adjacent to an activating group) is 1. The molecule has 276 valence electrons. The number of fused-ring (bicyclic) bond motifs is 5. The number of cyclic esters (lactones) is 1. The fourth-order valence-corrected chi connectivity index (χ4v) is 8.28. The molecule has 0 unspecified atom stereocenters. The lowest BCUT2D eigenvalue weighted by atomic mass is 9.78. The van der Waals surface area contributed by atoms with E-state index in [4.69, 9.17) is 14.5 Å². The first-order valence-corrected chi connectivity index (χ1v) is 18.1. The van der Waals surface area contributed by atoms with Crippen LogP contribution in [0, 0.1) is 18.2 Å². The fraction of sp³-hybridized carbons (Fsp3) is 0.513. The minimum Gasteiger partial charge on any atom is -0.458 e. The molecule has 13 heteroatoms. The number of nitrogens with zero attached hydrogens (tertiary/aromatic N) is 3. The number of hydrogen-bond donors (Lipinski definition) is 3. The molecule has 4 atom stereocenters. The van der Waals surface area contributed by atoms with Crippen molar-refractivity contribution in [2.24, 2.45) is 5.41 Å². The minimum absolute atomic E-state index is 0.00420. The van der Waals surface area contributed by atoms with Crippen LogP contribution in [0.3, 0.4) is 0 Å². The first kappa shape index (κ1) is 35.8. The van der Waals surface area contributed by atoms with Gasteiger partial charge in [-0.05, 0) is 94.8 Å². The predicted octanol–water partition coefficient (Wildman–Crippen LogP) is 4.42. The molecule has 4 heterocycles. The number of hydrogen-bond acceptors (Lipinski definition) is 9. The summed E-state index contributed by atoms with van der Waals surface area (Å²) in [5.41, 5.74) is 1.40. The molecule has 0 saturated carbocycles. The van der Waals surface area contributed by atoms with E-state index in [0.717, 1.165) is 23.1 Å². The molecule has 0 radical (unpaired) electrons. The lowest BCUT2D eigenvalue weighted by Crippen LogP contribution is -2.44. The van der Waals surface area contributed by atoms with Crippen LogP contribution in [0.2, 0.25) is 0 Å². The number of benzene rings is 1. The second-order valence-electron chi connectivity index (χ2n) is 15.1. The average molecular weight is 716 g/mol. The highest BCUT2D eigenvalue weighted by atomic mass is 19.1. The molecule has 3 aromatic rings. The van der Waals surface area contributed by atoms with Crippen molar-refractivity contribution in [3.63, 3.8) is 0 Å². The molecule has 0 saturated heterocycles. The Kier molecular flexibility index (Phi) is 9.23. The number of carbonyl (C=O) groups excluding carboxylic acids is 3. The van der Waals surface area contributed by atoms with E-state index in [2.05, 4.69) is 10.6 Å². The number of aliphatic hydroxyl groups is 1. The Morgan fingerprint density at radius 3 is 2.71 bits per heavy atom. The van der Waals surface area contributed by atoms with Gasteiger partial charge in [0.25, 0.3) is 5.56 Å². The third-order valence-corrected chi connectivity index (χ3v) is 11.5. The summed E-state index contributed by atoms with van der Waals surface area (Å²) >= 11 is 0. The number of aryl methyl sites for hydroxylation is 1. The van der Waals surface area contributed by atoms with Gasteiger partial charge < -0.3 is 34.7 Å². The van der Waals surface area contributed by atoms with E-state index in [1.807, 2.05) is 38.1 Å². The zero-order chi connectivity index (χ0) is 37.1. The third-order valence-electron chi connectivity index (χ3n) is 11.5. The van der Waals surface area contributed by atoms with Crippen molar-refractivity contribution in [3.8, 4) is 11.4 Å². The normalized spacial score (nSPS) is 25.3. The van der Waals surface area contributed by atoms with Crippen molar-refractivity contribution in [1.82, 2.24) is 25.1 Å². The third kappa shape index (κ3) is 5.97. The van der Waals surface area contributed by atoms with Crippen molar-refractivity contribution >= 4 is 28.9 Å². The number of esters is 1. The van der Waals surface area contributed by atoms with E-state index in [9.17, 15) is 24.3 Å². The largest absolute Gasteiger partial charge is 0.458 e. The molecule has 2 amide bonds. The standard InChI is InChI=1S/C39H46FN5O7/c1-6-39(50)26-17-30-33-24(19-45(30)34(46)25(26)20-51-36(39)48)32-28(11-10-23-21(2)27(40)18-29(42-33)31(23)32)43-37(49)52-22-9-7-8-13-38(3,14-12-22)35(47)41-15-16-44(4)5/h7,9,17-18,22,28,50H,6,8,10-16,19-20H2,1-5H3,(H,41,47)(H,43,49)/b9-7+/t22-,28-,38+,39-/m0/s1. The summed E-state index contributed by atoms with van der Waals surface area (Å²) in [7, 11) is 3.91. The van der Waals surface area contributed by atoms with Gasteiger partial charge in [-0.1, -0.05) is 19.9 Å². The fourth-order valence-electron chi connectivity index (χ4n) is 8.28.